The van der Waals surface area contributed by atoms with Crippen LogP contribution in [0.15, 0.2) is 16.8 Å². The van der Waals surface area contributed by atoms with Crippen molar-refractivity contribution in [3.05, 3.63) is 16.8 Å². The van der Waals surface area contributed by atoms with E-state index in [0.29, 0.717) is 12.1 Å². The van der Waals surface area contributed by atoms with Crippen LogP contribution in [0.5, 0.6) is 0 Å². The van der Waals surface area contributed by atoms with Crippen molar-refractivity contribution in [2.24, 2.45) is 5.92 Å². The summed E-state index contributed by atoms with van der Waals surface area (Å²) in [5, 5.41) is 10.4. The first-order valence-electron chi connectivity index (χ1n) is 5.42. The largest absolute Gasteiger partial charge is 0.325 e. The second kappa shape index (κ2) is 3.61. The standard InChI is InChI=1S/C11H14N2OS/c14-11(13-8-3-4-15-6-8)9-5-7-1-2-10(9)12-7/h3-4,6-7,9-10,12H,1-2,5H2,(H,13,14). The van der Waals surface area contributed by atoms with Crippen LogP contribution in [0.3, 0.4) is 0 Å². The molecule has 2 aliphatic rings. The summed E-state index contributed by atoms with van der Waals surface area (Å²) >= 11 is 1.61. The minimum atomic E-state index is 0.184. The average Bonchev–Trinajstić information content (AvgIpc) is 2.93. The van der Waals surface area contributed by atoms with E-state index in [1.165, 1.54) is 6.42 Å². The zero-order valence-electron chi connectivity index (χ0n) is 8.40. The SMILES string of the molecule is O=C(Nc1ccsc1)C1CC2CCC1N2. The molecule has 3 unspecified atom stereocenters. The van der Waals surface area contributed by atoms with Gasteiger partial charge in [-0.05, 0) is 30.7 Å². The van der Waals surface area contributed by atoms with E-state index >= 15 is 0 Å². The first kappa shape index (κ1) is 9.36. The highest BCUT2D eigenvalue weighted by molar-refractivity contribution is 7.08. The number of fused-ring (bicyclic) bond motifs is 2. The van der Waals surface area contributed by atoms with Gasteiger partial charge < -0.3 is 10.6 Å². The van der Waals surface area contributed by atoms with Gasteiger partial charge in [-0.15, -0.1) is 0 Å². The van der Waals surface area contributed by atoms with Crippen LogP contribution in [0.2, 0.25) is 0 Å². The molecule has 4 heteroatoms. The molecule has 2 aliphatic heterocycles. The fourth-order valence-corrected chi connectivity index (χ4v) is 3.27. The zero-order valence-corrected chi connectivity index (χ0v) is 9.22. The Morgan fingerprint density at radius 3 is 3.07 bits per heavy atom. The molecule has 1 amide bonds. The molecule has 15 heavy (non-hydrogen) atoms. The lowest BCUT2D eigenvalue weighted by Gasteiger charge is -2.18. The summed E-state index contributed by atoms with van der Waals surface area (Å²) in [6.07, 6.45) is 3.42. The monoisotopic (exact) mass is 222 g/mol. The maximum Gasteiger partial charge on any atom is 0.229 e. The molecule has 0 aliphatic carbocycles. The van der Waals surface area contributed by atoms with E-state index in [2.05, 4.69) is 10.6 Å². The van der Waals surface area contributed by atoms with E-state index in [1.807, 2.05) is 16.8 Å². The molecule has 3 nitrogen and oxygen atoms in total. The van der Waals surface area contributed by atoms with Gasteiger partial charge in [-0.1, -0.05) is 0 Å². The molecule has 2 N–H and O–H groups in total. The highest BCUT2D eigenvalue weighted by atomic mass is 32.1. The van der Waals surface area contributed by atoms with Crippen LogP contribution in [0, 0.1) is 5.92 Å². The maximum atomic E-state index is 12.0. The molecule has 1 aromatic heterocycles. The minimum absolute atomic E-state index is 0.184. The molecule has 3 atom stereocenters. The number of carbonyl (C=O) groups is 1. The lowest BCUT2D eigenvalue weighted by atomic mass is 9.88. The van der Waals surface area contributed by atoms with Gasteiger partial charge in [-0.3, -0.25) is 4.79 Å². The Bertz CT molecular complexity index is 363. The van der Waals surface area contributed by atoms with Gasteiger partial charge >= 0.3 is 0 Å². The van der Waals surface area contributed by atoms with E-state index in [9.17, 15) is 4.79 Å². The van der Waals surface area contributed by atoms with Crippen molar-refractivity contribution >= 4 is 22.9 Å². The van der Waals surface area contributed by atoms with Crippen molar-refractivity contribution in [1.29, 1.82) is 0 Å². The number of anilines is 1. The lowest BCUT2D eigenvalue weighted by Crippen LogP contribution is -2.32. The number of hydrogen-bond donors (Lipinski definition) is 2. The van der Waals surface area contributed by atoms with Crippen LogP contribution in [-0.4, -0.2) is 18.0 Å². The second-order valence-corrected chi connectivity index (χ2v) is 5.17. The molecular formula is C11H14N2OS. The molecule has 1 aromatic rings. The number of amides is 1. The van der Waals surface area contributed by atoms with Crippen LogP contribution in [0.25, 0.3) is 0 Å². The van der Waals surface area contributed by atoms with Crippen LogP contribution in [-0.2, 0) is 4.79 Å². The highest BCUT2D eigenvalue weighted by Crippen LogP contribution is 2.33. The molecule has 80 valence electrons. The van der Waals surface area contributed by atoms with Gasteiger partial charge in [-0.25, -0.2) is 0 Å². The van der Waals surface area contributed by atoms with Crippen LogP contribution in [0.4, 0.5) is 5.69 Å². The van der Waals surface area contributed by atoms with Gasteiger partial charge in [-0.2, -0.15) is 11.3 Å². The van der Waals surface area contributed by atoms with E-state index in [0.717, 1.165) is 18.5 Å². The summed E-state index contributed by atoms with van der Waals surface area (Å²) in [5.74, 6) is 0.372. The van der Waals surface area contributed by atoms with Crippen LogP contribution in [0.1, 0.15) is 19.3 Å². The van der Waals surface area contributed by atoms with Gasteiger partial charge in [0.25, 0.3) is 0 Å². The summed E-state index contributed by atoms with van der Waals surface area (Å²) in [6.45, 7) is 0. The van der Waals surface area contributed by atoms with Crippen molar-refractivity contribution in [2.45, 2.75) is 31.3 Å². The van der Waals surface area contributed by atoms with Gasteiger partial charge in [0.2, 0.25) is 5.91 Å². The van der Waals surface area contributed by atoms with Gasteiger partial charge in [0, 0.05) is 17.5 Å². The second-order valence-electron chi connectivity index (χ2n) is 4.39. The van der Waals surface area contributed by atoms with E-state index < -0.39 is 0 Å². The Kier molecular flexibility index (Phi) is 2.25. The number of carbonyl (C=O) groups excluding carboxylic acids is 1. The minimum Gasteiger partial charge on any atom is -0.325 e. The third kappa shape index (κ3) is 1.68. The maximum absolute atomic E-state index is 12.0. The smallest absolute Gasteiger partial charge is 0.229 e. The summed E-state index contributed by atoms with van der Waals surface area (Å²) in [5.41, 5.74) is 0.938. The van der Waals surface area contributed by atoms with Crippen LogP contribution < -0.4 is 10.6 Å². The number of hydrogen-bond acceptors (Lipinski definition) is 3. The Hall–Kier alpha value is -0.870. The predicted octanol–water partition coefficient (Wildman–Crippen LogP) is 1.83. The molecule has 3 heterocycles. The number of thiophene rings is 1. The molecule has 0 aromatic carbocycles. The first-order valence-corrected chi connectivity index (χ1v) is 6.36. The van der Waals surface area contributed by atoms with Crippen molar-refractivity contribution in [1.82, 2.24) is 5.32 Å². The molecule has 0 saturated carbocycles. The Morgan fingerprint density at radius 2 is 2.47 bits per heavy atom. The van der Waals surface area contributed by atoms with Crippen LogP contribution >= 0.6 is 11.3 Å². The fourth-order valence-electron chi connectivity index (χ4n) is 2.68. The van der Waals surface area contributed by atoms with Crippen molar-refractivity contribution < 1.29 is 4.79 Å². The molecule has 2 fully saturated rings. The Balaban J connectivity index is 1.66. The molecule has 3 rings (SSSR count). The Morgan fingerprint density at radius 1 is 1.53 bits per heavy atom. The highest BCUT2D eigenvalue weighted by Gasteiger charge is 2.42. The molecular weight excluding hydrogens is 208 g/mol. The fraction of sp³-hybridized carbons (Fsp3) is 0.545. The van der Waals surface area contributed by atoms with E-state index in [1.54, 1.807) is 11.3 Å². The van der Waals surface area contributed by atoms with Gasteiger partial charge in [0.05, 0.1) is 11.6 Å². The molecule has 2 bridgehead atoms. The third-order valence-corrected chi connectivity index (χ3v) is 4.11. The number of rotatable bonds is 2. The summed E-state index contributed by atoms with van der Waals surface area (Å²) < 4.78 is 0. The average molecular weight is 222 g/mol. The van der Waals surface area contributed by atoms with Gasteiger partial charge in [0.1, 0.15) is 0 Å². The van der Waals surface area contributed by atoms with E-state index in [-0.39, 0.29) is 11.8 Å². The third-order valence-electron chi connectivity index (χ3n) is 3.43. The first-order chi connectivity index (χ1) is 7.33. The topological polar surface area (TPSA) is 41.1 Å². The molecule has 0 radical (unpaired) electrons. The van der Waals surface area contributed by atoms with Crippen molar-refractivity contribution in [3.8, 4) is 0 Å². The quantitative estimate of drug-likeness (QED) is 0.801. The Labute approximate surface area is 92.9 Å². The summed E-state index contributed by atoms with van der Waals surface area (Å²) in [4.78, 5) is 12.0. The normalized spacial score (nSPS) is 33.2. The summed E-state index contributed by atoms with van der Waals surface area (Å²) in [7, 11) is 0. The zero-order chi connectivity index (χ0) is 10.3. The van der Waals surface area contributed by atoms with Gasteiger partial charge in [0.15, 0.2) is 0 Å². The van der Waals surface area contributed by atoms with Crippen molar-refractivity contribution in [3.63, 3.8) is 0 Å². The number of nitrogens with one attached hydrogen (secondary N) is 2. The molecule has 0 spiro atoms. The predicted molar refractivity (Wildman–Crippen MR) is 61.0 cm³/mol. The van der Waals surface area contributed by atoms with Crippen molar-refractivity contribution in [2.75, 3.05) is 5.32 Å². The summed E-state index contributed by atoms with van der Waals surface area (Å²) in [6, 6.07) is 2.96. The lowest BCUT2D eigenvalue weighted by molar-refractivity contribution is -0.120. The van der Waals surface area contributed by atoms with E-state index in [4.69, 9.17) is 0 Å². The molecule has 2 saturated heterocycles.